The molecule has 1 aromatic rings. The van der Waals surface area contributed by atoms with E-state index in [2.05, 4.69) is 20.9 Å². The zero-order valence-corrected chi connectivity index (χ0v) is 9.43. The van der Waals surface area contributed by atoms with Crippen LogP contribution < -0.4 is 0 Å². The maximum Gasteiger partial charge on any atom is 0.365 e. The summed E-state index contributed by atoms with van der Waals surface area (Å²) in [7, 11) is 0. The third kappa shape index (κ3) is 2.60. The molecule has 0 radical (unpaired) electrons. The Bertz CT molecular complexity index is 403. The average molecular weight is 301 g/mol. The van der Waals surface area contributed by atoms with E-state index in [-0.39, 0.29) is 15.9 Å². The van der Waals surface area contributed by atoms with E-state index in [1.807, 2.05) is 0 Å². The Kier molecular flexibility index (Phi) is 3.92. The molecule has 82 valence electrons. The molecule has 8 heteroatoms. The molecule has 0 aliphatic carbocycles. The Balaban J connectivity index is 3.38. The smallest absolute Gasteiger partial charge is 0.358 e. The Labute approximate surface area is 96.5 Å². The van der Waals surface area contributed by atoms with Gasteiger partial charge in [-0.2, -0.15) is 0 Å². The molecule has 0 fully saturated rings. The highest BCUT2D eigenvalue weighted by Crippen LogP contribution is 2.31. The molecule has 15 heavy (non-hydrogen) atoms. The van der Waals surface area contributed by atoms with Gasteiger partial charge >= 0.3 is 12.2 Å². The van der Waals surface area contributed by atoms with E-state index in [9.17, 15) is 18.9 Å². The van der Waals surface area contributed by atoms with Crippen molar-refractivity contribution in [2.75, 3.05) is 0 Å². The van der Waals surface area contributed by atoms with E-state index < -0.39 is 22.9 Å². The van der Waals surface area contributed by atoms with E-state index in [4.69, 9.17) is 11.6 Å². The SMILES string of the molecule is O=[N+]([O-])c1cc(Br)c(CCl)c(C(F)F)n1. The third-order valence-corrected chi connectivity index (χ3v) is 2.59. The number of rotatable bonds is 3. The molecule has 0 aliphatic heterocycles. The summed E-state index contributed by atoms with van der Waals surface area (Å²) in [6.45, 7) is 0. The first-order chi connectivity index (χ1) is 6.97. The van der Waals surface area contributed by atoms with Gasteiger partial charge in [0.2, 0.25) is 5.69 Å². The molecule has 0 saturated carbocycles. The summed E-state index contributed by atoms with van der Waals surface area (Å²) in [5.74, 6) is -0.823. The average Bonchev–Trinajstić information content (AvgIpc) is 2.16. The zero-order chi connectivity index (χ0) is 11.6. The van der Waals surface area contributed by atoms with Crippen LogP contribution in [0.2, 0.25) is 0 Å². The van der Waals surface area contributed by atoms with Crippen LogP contribution in [0.15, 0.2) is 10.5 Å². The molecule has 0 atom stereocenters. The maximum atomic E-state index is 12.5. The highest BCUT2D eigenvalue weighted by atomic mass is 79.9. The highest BCUT2D eigenvalue weighted by Gasteiger charge is 2.25. The van der Waals surface area contributed by atoms with Gasteiger partial charge in [0, 0.05) is 10.0 Å². The summed E-state index contributed by atoms with van der Waals surface area (Å²) in [4.78, 5) is 12.8. The first-order valence-corrected chi connectivity index (χ1v) is 4.98. The zero-order valence-electron chi connectivity index (χ0n) is 7.08. The summed E-state index contributed by atoms with van der Waals surface area (Å²) < 4.78 is 25.1. The number of hydrogen-bond acceptors (Lipinski definition) is 3. The van der Waals surface area contributed by atoms with Gasteiger partial charge in [0.1, 0.15) is 0 Å². The lowest BCUT2D eigenvalue weighted by molar-refractivity contribution is -0.389. The minimum absolute atomic E-state index is 0.0669. The summed E-state index contributed by atoms with van der Waals surface area (Å²) in [6, 6.07) is 1.05. The van der Waals surface area contributed by atoms with Crippen molar-refractivity contribution in [3.05, 3.63) is 31.9 Å². The molecular formula is C7H4BrClF2N2O2. The molecule has 0 N–H and O–H groups in total. The number of alkyl halides is 3. The van der Waals surface area contributed by atoms with Crippen LogP contribution in [0.3, 0.4) is 0 Å². The van der Waals surface area contributed by atoms with Gasteiger partial charge in [-0.3, -0.25) is 0 Å². The van der Waals surface area contributed by atoms with Crippen molar-refractivity contribution < 1.29 is 13.7 Å². The molecule has 1 heterocycles. The molecular weight excluding hydrogens is 297 g/mol. The quantitative estimate of drug-likeness (QED) is 0.488. The van der Waals surface area contributed by atoms with E-state index in [0.717, 1.165) is 6.07 Å². The summed E-state index contributed by atoms with van der Waals surface area (Å²) in [5.41, 5.74) is -0.594. The van der Waals surface area contributed by atoms with E-state index in [1.165, 1.54) is 0 Å². The van der Waals surface area contributed by atoms with Crippen LogP contribution in [0.5, 0.6) is 0 Å². The number of hydrogen-bond donors (Lipinski definition) is 0. The topological polar surface area (TPSA) is 56.0 Å². The van der Waals surface area contributed by atoms with Crippen molar-refractivity contribution >= 4 is 33.3 Å². The van der Waals surface area contributed by atoms with Crippen LogP contribution >= 0.6 is 27.5 Å². The largest absolute Gasteiger partial charge is 0.365 e. The molecule has 1 aromatic heterocycles. The molecule has 0 bridgehead atoms. The van der Waals surface area contributed by atoms with Gasteiger partial charge in [-0.05, 0) is 9.91 Å². The van der Waals surface area contributed by atoms with Crippen LogP contribution in [0, 0.1) is 10.1 Å². The summed E-state index contributed by atoms with van der Waals surface area (Å²) in [5, 5.41) is 10.4. The Hall–Kier alpha value is -0.820. The van der Waals surface area contributed by atoms with Gasteiger partial charge in [-0.1, -0.05) is 15.9 Å². The van der Waals surface area contributed by atoms with Crippen LogP contribution in [-0.2, 0) is 5.88 Å². The van der Waals surface area contributed by atoms with Crippen molar-refractivity contribution in [3.63, 3.8) is 0 Å². The van der Waals surface area contributed by atoms with Crippen molar-refractivity contribution in [1.82, 2.24) is 4.98 Å². The van der Waals surface area contributed by atoms with Crippen LogP contribution in [0.4, 0.5) is 14.6 Å². The molecule has 0 aliphatic rings. The molecule has 4 nitrogen and oxygen atoms in total. The van der Waals surface area contributed by atoms with Crippen LogP contribution in [-0.4, -0.2) is 9.91 Å². The number of pyridine rings is 1. The van der Waals surface area contributed by atoms with Gasteiger partial charge < -0.3 is 10.1 Å². The van der Waals surface area contributed by atoms with Crippen molar-refractivity contribution in [3.8, 4) is 0 Å². The standard InChI is InChI=1S/C7H4BrClF2N2O2/c8-4-1-5(13(14)15)12-6(7(10)11)3(4)2-9/h1,7H,2H2. The van der Waals surface area contributed by atoms with Crippen LogP contribution in [0.1, 0.15) is 17.7 Å². The van der Waals surface area contributed by atoms with Gasteiger partial charge in [0.25, 0.3) is 0 Å². The van der Waals surface area contributed by atoms with E-state index >= 15 is 0 Å². The lowest BCUT2D eigenvalue weighted by atomic mass is 10.2. The fourth-order valence-electron chi connectivity index (χ4n) is 0.952. The van der Waals surface area contributed by atoms with Gasteiger partial charge in [-0.25, -0.2) is 8.78 Å². The Morgan fingerprint density at radius 2 is 2.27 bits per heavy atom. The maximum absolute atomic E-state index is 12.5. The normalized spacial score (nSPS) is 10.7. The Morgan fingerprint density at radius 3 is 2.67 bits per heavy atom. The number of nitro groups is 1. The van der Waals surface area contributed by atoms with Crippen molar-refractivity contribution in [2.24, 2.45) is 0 Å². The number of halogens is 4. The third-order valence-electron chi connectivity index (χ3n) is 1.62. The molecule has 1 rings (SSSR count). The van der Waals surface area contributed by atoms with Crippen LogP contribution in [0.25, 0.3) is 0 Å². The molecule has 0 amide bonds. The molecule has 0 saturated heterocycles. The lowest BCUT2D eigenvalue weighted by Crippen LogP contribution is -2.02. The predicted molar refractivity (Wildman–Crippen MR) is 53.1 cm³/mol. The molecule has 0 spiro atoms. The van der Waals surface area contributed by atoms with Crippen molar-refractivity contribution in [2.45, 2.75) is 12.3 Å². The van der Waals surface area contributed by atoms with E-state index in [1.54, 1.807) is 0 Å². The number of aromatic nitrogens is 1. The monoisotopic (exact) mass is 300 g/mol. The summed E-state index contributed by atoms with van der Waals surface area (Å²) in [6.07, 6.45) is -2.89. The Morgan fingerprint density at radius 1 is 1.67 bits per heavy atom. The van der Waals surface area contributed by atoms with Gasteiger partial charge in [-0.15, -0.1) is 11.6 Å². The highest BCUT2D eigenvalue weighted by molar-refractivity contribution is 9.10. The second-order valence-electron chi connectivity index (χ2n) is 2.52. The van der Waals surface area contributed by atoms with Crippen molar-refractivity contribution in [1.29, 1.82) is 0 Å². The first kappa shape index (κ1) is 12.3. The second kappa shape index (κ2) is 4.80. The van der Waals surface area contributed by atoms with Gasteiger partial charge in [0.05, 0.1) is 11.9 Å². The minimum atomic E-state index is -2.89. The van der Waals surface area contributed by atoms with Gasteiger partial charge in [0.15, 0.2) is 0 Å². The molecule has 0 aromatic carbocycles. The second-order valence-corrected chi connectivity index (χ2v) is 3.64. The minimum Gasteiger partial charge on any atom is -0.358 e. The molecule has 0 unspecified atom stereocenters. The number of nitrogens with zero attached hydrogens (tertiary/aromatic N) is 2. The first-order valence-electron chi connectivity index (χ1n) is 3.65. The fraction of sp³-hybridized carbons (Fsp3) is 0.286. The van der Waals surface area contributed by atoms with E-state index in [0.29, 0.717) is 0 Å². The predicted octanol–water partition coefficient (Wildman–Crippen LogP) is 3.43. The summed E-state index contributed by atoms with van der Waals surface area (Å²) >= 11 is 8.37. The lowest BCUT2D eigenvalue weighted by Gasteiger charge is -2.03. The fourth-order valence-corrected chi connectivity index (χ4v) is 1.94.